The second-order valence-corrected chi connectivity index (χ2v) is 7.19. The van der Waals surface area contributed by atoms with Crippen molar-refractivity contribution in [2.75, 3.05) is 39.9 Å². The Morgan fingerprint density at radius 1 is 1.32 bits per heavy atom. The number of hydrogen-bond acceptors (Lipinski definition) is 3. The van der Waals surface area contributed by atoms with Crippen molar-refractivity contribution in [2.24, 2.45) is 23.0 Å². The Labute approximate surface area is 119 Å². The number of hydrogen-bond donors (Lipinski definition) is 1. The molecule has 114 valence electrons. The third kappa shape index (κ3) is 6.24. The van der Waals surface area contributed by atoms with Crippen LogP contribution in [0.25, 0.3) is 0 Å². The van der Waals surface area contributed by atoms with Crippen molar-refractivity contribution in [1.29, 1.82) is 0 Å². The molecule has 1 aliphatic heterocycles. The van der Waals surface area contributed by atoms with Crippen molar-refractivity contribution in [1.82, 2.24) is 4.90 Å². The molecule has 0 spiro atoms. The molecule has 3 nitrogen and oxygen atoms in total. The van der Waals surface area contributed by atoms with Crippen LogP contribution in [0, 0.1) is 17.3 Å². The fraction of sp³-hybridized carbons (Fsp3) is 1.00. The molecule has 0 aromatic rings. The first-order chi connectivity index (χ1) is 8.97. The minimum atomic E-state index is 0.392. The summed E-state index contributed by atoms with van der Waals surface area (Å²) in [6, 6.07) is 0. The van der Waals surface area contributed by atoms with Gasteiger partial charge in [0.2, 0.25) is 0 Å². The van der Waals surface area contributed by atoms with E-state index >= 15 is 0 Å². The van der Waals surface area contributed by atoms with E-state index in [4.69, 9.17) is 10.5 Å². The number of rotatable bonds is 8. The molecule has 1 aliphatic rings. The average Bonchev–Trinajstić information content (AvgIpc) is 2.75. The second kappa shape index (κ2) is 8.23. The van der Waals surface area contributed by atoms with Gasteiger partial charge in [0, 0.05) is 13.7 Å². The topological polar surface area (TPSA) is 38.5 Å². The van der Waals surface area contributed by atoms with Crippen LogP contribution in [-0.4, -0.2) is 44.8 Å². The van der Waals surface area contributed by atoms with Gasteiger partial charge in [-0.05, 0) is 62.6 Å². The number of nitrogens with zero attached hydrogens (tertiary/aromatic N) is 1. The lowest BCUT2D eigenvalue weighted by atomic mass is 9.76. The molecule has 1 heterocycles. The molecular formula is C16H34N2O. The monoisotopic (exact) mass is 270 g/mol. The van der Waals surface area contributed by atoms with Gasteiger partial charge in [0.15, 0.2) is 0 Å². The first-order valence-corrected chi connectivity index (χ1v) is 7.88. The molecule has 0 radical (unpaired) electrons. The summed E-state index contributed by atoms with van der Waals surface area (Å²) in [5.41, 5.74) is 6.14. The van der Waals surface area contributed by atoms with Crippen molar-refractivity contribution < 1.29 is 4.74 Å². The van der Waals surface area contributed by atoms with Gasteiger partial charge in [-0.25, -0.2) is 0 Å². The highest BCUT2D eigenvalue weighted by molar-refractivity contribution is 4.78. The van der Waals surface area contributed by atoms with Crippen LogP contribution in [0.5, 0.6) is 0 Å². The maximum Gasteiger partial charge on any atom is 0.0503 e. The Hall–Kier alpha value is -0.120. The molecule has 0 bridgehead atoms. The van der Waals surface area contributed by atoms with Crippen LogP contribution >= 0.6 is 0 Å². The molecule has 1 saturated heterocycles. The SMILES string of the molecule is COCC1CCN(CCCC(CCN)C(C)(C)C)C1. The maximum atomic E-state index is 5.75. The van der Waals surface area contributed by atoms with Gasteiger partial charge in [-0.1, -0.05) is 20.8 Å². The van der Waals surface area contributed by atoms with Crippen molar-refractivity contribution in [3.8, 4) is 0 Å². The largest absolute Gasteiger partial charge is 0.384 e. The van der Waals surface area contributed by atoms with E-state index in [9.17, 15) is 0 Å². The maximum absolute atomic E-state index is 5.75. The Kier molecular flexibility index (Phi) is 7.33. The summed E-state index contributed by atoms with van der Waals surface area (Å²) in [6.45, 7) is 12.5. The smallest absolute Gasteiger partial charge is 0.0503 e. The molecule has 1 fully saturated rings. The number of likely N-dealkylation sites (tertiary alicyclic amines) is 1. The predicted octanol–water partition coefficient (Wildman–Crippen LogP) is 2.75. The average molecular weight is 270 g/mol. The van der Waals surface area contributed by atoms with Crippen molar-refractivity contribution in [3.05, 3.63) is 0 Å². The molecule has 3 heteroatoms. The molecule has 2 unspecified atom stereocenters. The fourth-order valence-electron chi connectivity index (χ4n) is 3.26. The van der Waals surface area contributed by atoms with Crippen LogP contribution in [0.2, 0.25) is 0 Å². The molecular weight excluding hydrogens is 236 g/mol. The quantitative estimate of drug-likeness (QED) is 0.737. The Morgan fingerprint density at radius 2 is 2.05 bits per heavy atom. The minimum absolute atomic E-state index is 0.392. The fourth-order valence-corrected chi connectivity index (χ4v) is 3.26. The summed E-state index contributed by atoms with van der Waals surface area (Å²) >= 11 is 0. The zero-order valence-corrected chi connectivity index (χ0v) is 13.5. The third-order valence-electron chi connectivity index (χ3n) is 4.54. The zero-order valence-electron chi connectivity index (χ0n) is 13.5. The van der Waals surface area contributed by atoms with E-state index in [1.165, 1.54) is 38.9 Å². The molecule has 19 heavy (non-hydrogen) atoms. The van der Waals surface area contributed by atoms with Crippen LogP contribution in [0.4, 0.5) is 0 Å². The first kappa shape index (κ1) is 16.9. The Balaban J connectivity index is 2.22. The van der Waals surface area contributed by atoms with E-state index in [2.05, 4.69) is 25.7 Å². The summed E-state index contributed by atoms with van der Waals surface area (Å²) < 4.78 is 5.25. The summed E-state index contributed by atoms with van der Waals surface area (Å²) in [5, 5.41) is 0. The molecule has 1 rings (SSSR count). The van der Waals surface area contributed by atoms with Gasteiger partial charge in [0.05, 0.1) is 6.61 Å². The molecule has 0 aromatic carbocycles. The van der Waals surface area contributed by atoms with E-state index in [0.717, 1.165) is 31.4 Å². The van der Waals surface area contributed by atoms with E-state index in [-0.39, 0.29) is 0 Å². The second-order valence-electron chi connectivity index (χ2n) is 7.19. The molecule has 0 saturated carbocycles. The normalized spacial score (nSPS) is 22.9. The molecule has 0 aromatic heterocycles. The highest BCUT2D eigenvalue weighted by Crippen LogP contribution is 2.32. The van der Waals surface area contributed by atoms with Gasteiger partial charge in [0.1, 0.15) is 0 Å². The lowest BCUT2D eigenvalue weighted by molar-refractivity contribution is 0.151. The van der Waals surface area contributed by atoms with Crippen molar-refractivity contribution >= 4 is 0 Å². The van der Waals surface area contributed by atoms with Gasteiger partial charge < -0.3 is 15.4 Å². The van der Waals surface area contributed by atoms with Crippen LogP contribution in [0.1, 0.15) is 46.5 Å². The summed E-state index contributed by atoms with van der Waals surface area (Å²) in [5.74, 6) is 1.52. The molecule has 2 N–H and O–H groups in total. The van der Waals surface area contributed by atoms with Gasteiger partial charge in [-0.15, -0.1) is 0 Å². The number of methoxy groups -OCH3 is 1. The molecule has 0 aliphatic carbocycles. The number of ether oxygens (including phenoxy) is 1. The zero-order chi connectivity index (χ0) is 14.3. The van der Waals surface area contributed by atoms with Crippen LogP contribution in [0.15, 0.2) is 0 Å². The van der Waals surface area contributed by atoms with Gasteiger partial charge in [-0.2, -0.15) is 0 Å². The van der Waals surface area contributed by atoms with Crippen molar-refractivity contribution in [3.63, 3.8) is 0 Å². The first-order valence-electron chi connectivity index (χ1n) is 7.88. The van der Waals surface area contributed by atoms with Gasteiger partial charge in [-0.3, -0.25) is 0 Å². The third-order valence-corrected chi connectivity index (χ3v) is 4.54. The molecule has 0 amide bonds. The van der Waals surface area contributed by atoms with Gasteiger partial charge in [0.25, 0.3) is 0 Å². The summed E-state index contributed by atoms with van der Waals surface area (Å²) in [6.07, 6.45) is 5.09. The van der Waals surface area contributed by atoms with Crippen LogP contribution in [0.3, 0.4) is 0 Å². The highest BCUT2D eigenvalue weighted by Gasteiger charge is 2.25. The predicted molar refractivity (Wildman–Crippen MR) is 82.3 cm³/mol. The summed E-state index contributed by atoms with van der Waals surface area (Å²) in [7, 11) is 1.81. The van der Waals surface area contributed by atoms with E-state index in [1.807, 2.05) is 7.11 Å². The van der Waals surface area contributed by atoms with E-state index in [1.54, 1.807) is 0 Å². The van der Waals surface area contributed by atoms with Crippen molar-refractivity contribution in [2.45, 2.75) is 46.5 Å². The Morgan fingerprint density at radius 3 is 2.63 bits per heavy atom. The minimum Gasteiger partial charge on any atom is -0.384 e. The van der Waals surface area contributed by atoms with E-state index in [0.29, 0.717) is 5.41 Å². The van der Waals surface area contributed by atoms with Crippen LogP contribution < -0.4 is 5.73 Å². The lowest BCUT2D eigenvalue weighted by Crippen LogP contribution is -2.27. The Bertz CT molecular complexity index is 237. The van der Waals surface area contributed by atoms with Crippen LogP contribution in [-0.2, 0) is 4.74 Å². The van der Waals surface area contributed by atoms with Gasteiger partial charge >= 0.3 is 0 Å². The highest BCUT2D eigenvalue weighted by atomic mass is 16.5. The number of nitrogens with two attached hydrogens (primary N) is 1. The van der Waals surface area contributed by atoms with E-state index < -0.39 is 0 Å². The summed E-state index contributed by atoms with van der Waals surface area (Å²) in [4.78, 5) is 2.60. The lowest BCUT2D eigenvalue weighted by Gasteiger charge is -2.31. The molecule has 2 atom stereocenters. The standard InChI is InChI=1S/C16H34N2O/c1-16(2,3)15(7-9-17)6-5-10-18-11-8-14(12-18)13-19-4/h14-15H,5-13,17H2,1-4H3.